The molecule has 0 radical (unpaired) electrons. The molecule has 4 rings (SSSR count). The molecule has 0 spiro atoms. The Morgan fingerprint density at radius 3 is 2.32 bits per heavy atom. The van der Waals surface area contributed by atoms with E-state index in [0.717, 1.165) is 29.7 Å². The zero-order chi connectivity index (χ0) is 24.1. The Balaban J connectivity index is 1.42. The molecule has 34 heavy (non-hydrogen) atoms. The monoisotopic (exact) mass is 478 g/mol. The van der Waals surface area contributed by atoms with E-state index in [4.69, 9.17) is 4.74 Å². The highest BCUT2D eigenvalue weighted by Crippen LogP contribution is 2.25. The molecule has 1 saturated heterocycles. The van der Waals surface area contributed by atoms with Crippen molar-refractivity contribution in [3.05, 3.63) is 89.5 Å². The third-order valence-electron chi connectivity index (χ3n) is 6.27. The second kappa shape index (κ2) is 10.3. The second-order valence-electron chi connectivity index (χ2n) is 8.76. The van der Waals surface area contributed by atoms with E-state index in [9.17, 15) is 13.2 Å². The van der Waals surface area contributed by atoms with Crippen LogP contribution < -0.4 is 9.46 Å². The number of piperidine rings is 1. The standard InChI is InChI=1S/C27H30N2O4S/c1-20-12-13-24(34(31,32)28-26-11-7-6-8-21(26)2)18-25(20)27(30)29-16-14-22(15-17-29)19-33-23-9-4-3-5-10-23/h3-13,18,22,28H,14-17,19H2,1-2H3. The minimum Gasteiger partial charge on any atom is -0.493 e. The van der Waals surface area contributed by atoms with Crippen LogP contribution in [-0.2, 0) is 10.0 Å². The highest BCUT2D eigenvalue weighted by Gasteiger charge is 2.26. The smallest absolute Gasteiger partial charge is 0.261 e. The first-order valence-electron chi connectivity index (χ1n) is 11.5. The van der Waals surface area contributed by atoms with Crippen molar-refractivity contribution >= 4 is 21.6 Å². The lowest BCUT2D eigenvalue weighted by Gasteiger charge is -2.32. The molecular weight excluding hydrogens is 448 g/mol. The summed E-state index contributed by atoms with van der Waals surface area (Å²) in [6.07, 6.45) is 1.70. The van der Waals surface area contributed by atoms with Gasteiger partial charge >= 0.3 is 0 Å². The van der Waals surface area contributed by atoms with Crippen LogP contribution in [0, 0.1) is 19.8 Å². The molecule has 0 bridgehead atoms. The van der Waals surface area contributed by atoms with E-state index < -0.39 is 10.0 Å². The number of amides is 1. The van der Waals surface area contributed by atoms with Crippen LogP contribution in [0.1, 0.15) is 34.3 Å². The van der Waals surface area contributed by atoms with Crippen LogP contribution >= 0.6 is 0 Å². The van der Waals surface area contributed by atoms with E-state index in [-0.39, 0.29) is 10.8 Å². The van der Waals surface area contributed by atoms with Crippen molar-refractivity contribution < 1.29 is 17.9 Å². The third-order valence-corrected chi connectivity index (χ3v) is 7.63. The van der Waals surface area contributed by atoms with Crippen molar-refractivity contribution in [1.82, 2.24) is 4.90 Å². The van der Waals surface area contributed by atoms with Crippen LogP contribution in [0.15, 0.2) is 77.7 Å². The van der Waals surface area contributed by atoms with Gasteiger partial charge in [0.2, 0.25) is 0 Å². The molecule has 3 aromatic carbocycles. The number of hydrogen-bond acceptors (Lipinski definition) is 4. The van der Waals surface area contributed by atoms with E-state index in [0.29, 0.717) is 36.9 Å². The molecule has 6 nitrogen and oxygen atoms in total. The zero-order valence-corrected chi connectivity index (χ0v) is 20.3. The lowest BCUT2D eigenvalue weighted by molar-refractivity contribution is 0.0660. The van der Waals surface area contributed by atoms with Crippen LogP contribution in [-0.4, -0.2) is 38.9 Å². The number of likely N-dealkylation sites (tertiary alicyclic amines) is 1. The predicted molar refractivity (Wildman–Crippen MR) is 134 cm³/mol. The van der Waals surface area contributed by atoms with Gasteiger partial charge in [0.15, 0.2) is 0 Å². The topological polar surface area (TPSA) is 75.7 Å². The van der Waals surface area contributed by atoms with Crippen molar-refractivity contribution in [3.8, 4) is 5.75 Å². The average Bonchev–Trinajstić information content (AvgIpc) is 2.85. The molecule has 1 aliphatic rings. The maximum Gasteiger partial charge on any atom is 0.261 e. The van der Waals surface area contributed by atoms with Gasteiger partial charge in [0.05, 0.1) is 17.2 Å². The molecule has 1 heterocycles. The Hall–Kier alpha value is -3.32. The molecule has 1 fully saturated rings. The molecule has 1 amide bonds. The summed E-state index contributed by atoms with van der Waals surface area (Å²) in [6, 6.07) is 21.7. The largest absolute Gasteiger partial charge is 0.493 e. The molecule has 7 heteroatoms. The summed E-state index contributed by atoms with van der Waals surface area (Å²) in [7, 11) is -3.82. The normalized spacial score (nSPS) is 14.6. The number of rotatable bonds is 7. The third kappa shape index (κ3) is 5.59. The van der Waals surface area contributed by atoms with Crippen molar-refractivity contribution in [1.29, 1.82) is 0 Å². The molecule has 3 aromatic rings. The van der Waals surface area contributed by atoms with Gasteiger partial charge in [0, 0.05) is 18.7 Å². The van der Waals surface area contributed by atoms with Gasteiger partial charge in [-0.2, -0.15) is 0 Å². The quantitative estimate of drug-likeness (QED) is 0.516. The van der Waals surface area contributed by atoms with Crippen LogP contribution in [0.2, 0.25) is 0 Å². The van der Waals surface area contributed by atoms with Crippen LogP contribution in [0.25, 0.3) is 0 Å². The first-order valence-corrected chi connectivity index (χ1v) is 13.0. The van der Waals surface area contributed by atoms with Crippen LogP contribution in [0.5, 0.6) is 5.75 Å². The number of anilines is 1. The van der Waals surface area contributed by atoms with Crippen molar-refractivity contribution in [2.45, 2.75) is 31.6 Å². The molecule has 0 aliphatic carbocycles. The van der Waals surface area contributed by atoms with Gasteiger partial charge in [-0.05, 0) is 74.1 Å². The molecule has 178 valence electrons. The molecule has 1 N–H and O–H groups in total. The van der Waals surface area contributed by atoms with E-state index in [1.807, 2.05) is 61.2 Å². The van der Waals surface area contributed by atoms with Crippen LogP contribution in [0.3, 0.4) is 0 Å². The predicted octanol–water partition coefficient (Wildman–Crippen LogP) is 5.04. The number of nitrogens with one attached hydrogen (secondary N) is 1. The summed E-state index contributed by atoms with van der Waals surface area (Å²) in [5.41, 5.74) is 2.53. The summed E-state index contributed by atoms with van der Waals surface area (Å²) in [5, 5.41) is 0. The first kappa shape index (κ1) is 23.8. The first-order chi connectivity index (χ1) is 16.3. The SMILES string of the molecule is Cc1ccccc1NS(=O)(=O)c1ccc(C)c(C(=O)N2CCC(COc3ccccc3)CC2)c1. The summed E-state index contributed by atoms with van der Waals surface area (Å²) < 4.78 is 34.5. The lowest BCUT2D eigenvalue weighted by Crippen LogP contribution is -2.40. The Morgan fingerprint density at radius 1 is 0.941 bits per heavy atom. The number of benzene rings is 3. The number of sulfonamides is 1. The number of nitrogens with zero attached hydrogens (tertiary/aromatic N) is 1. The number of hydrogen-bond donors (Lipinski definition) is 1. The lowest BCUT2D eigenvalue weighted by atomic mass is 9.96. The van der Waals surface area contributed by atoms with Gasteiger partial charge in [-0.15, -0.1) is 0 Å². The fourth-order valence-electron chi connectivity index (χ4n) is 4.09. The fraction of sp³-hybridized carbons (Fsp3) is 0.296. The molecule has 1 aliphatic heterocycles. The highest BCUT2D eigenvalue weighted by atomic mass is 32.2. The number of carbonyl (C=O) groups excluding carboxylic acids is 1. The van der Waals surface area contributed by atoms with E-state index in [1.54, 1.807) is 24.3 Å². The van der Waals surface area contributed by atoms with Gasteiger partial charge in [-0.3, -0.25) is 9.52 Å². The van der Waals surface area contributed by atoms with Gasteiger partial charge in [-0.1, -0.05) is 42.5 Å². The Morgan fingerprint density at radius 2 is 1.62 bits per heavy atom. The Kier molecular flexibility index (Phi) is 7.22. The van der Waals surface area contributed by atoms with Gasteiger partial charge in [0.25, 0.3) is 15.9 Å². The minimum atomic E-state index is -3.82. The number of carbonyl (C=O) groups is 1. The number of ether oxygens (including phenoxy) is 1. The van der Waals surface area contributed by atoms with E-state index >= 15 is 0 Å². The average molecular weight is 479 g/mol. The molecule has 0 atom stereocenters. The Bertz CT molecular complexity index is 1250. The molecule has 0 unspecified atom stereocenters. The Labute approximate surface area is 201 Å². The summed E-state index contributed by atoms with van der Waals surface area (Å²) in [4.78, 5) is 15.2. The van der Waals surface area contributed by atoms with Crippen molar-refractivity contribution in [3.63, 3.8) is 0 Å². The molecular formula is C27H30N2O4S. The minimum absolute atomic E-state index is 0.0795. The maximum absolute atomic E-state index is 13.3. The summed E-state index contributed by atoms with van der Waals surface area (Å²) in [5.74, 6) is 1.11. The van der Waals surface area contributed by atoms with Gasteiger partial charge in [0.1, 0.15) is 5.75 Å². The van der Waals surface area contributed by atoms with Crippen molar-refractivity contribution in [2.24, 2.45) is 5.92 Å². The summed E-state index contributed by atoms with van der Waals surface area (Å²) >= 11 is 0. The highest BCUT2D eigenvalue weighted by molar-refractivity contribution is 7.92. The van der Waals surface area contributed by atoms with Crippen LogP contribution in [0.4, 0.5) is 5.69 Å². The van der Waals surface area contributed by atoms with Crippen molar-refractivity contribution in [2.75, 3.05) is 24.4 Å². The van der Waals surface area contributed by atoms with Gasteiger partial charge in [-0.25, -0.2) is 8.42 Å². The number of para-hydroxylation sites is 2. The number of aryl methyl sites for hydroxylation is 2. The van der Waals surface area contributed by atoms with Gasteiger partial charge < -0.3 is 9.64 Å². The second-order valence-corrected chi connectivity index (χ2v) is 10.4. The maximum atomic E-state index is 13.3. The molecule has 0 saturated carbocycles. The molecule has 0 aromatic heterocycles. The van der Waals surface area contributed by atoms with E-state index in [1.165, 1.54) is 6.07 Å². The van der Waals surface area contributed by atoms with E-state index in [2.05, 4.69) is 4.72 Å². The zero-order valence-electron chi connectivity index (χ0n) is 19.5. The summed E-state index contributed by atoms with van der Waals surface area (Å²) in [6.45, 7) is 5.55. The fourth-order valence-corrected chi connectivity index (χ4v) is 5.25.